The summed E-state index contributed by atoms with van der Waals surface area (Å²) in [4.78, 5) is 14.6. The monoisotopic (exact) mass is 675 g/mol. The quantitative estimate of drug-likeness (QED) is 0.173. The molecule has 0 saturated carbocycles. The number of hydrogen-bond donors (Lipinski definition) is 0. The number of carbonyl (C=O) groups is 1. The van der Waals surface area contributed by atoms with Gasteiger partial charge >= 0.3 is 104 Å². The van der Waals surface area contributed by atoms with Crippen LogP contribution in [0.2, 0.25) is 0 Å². The predicted octanol–water partition coefficient (Wildman–Crippen LogP) is -0.466. The third kappa shape index (κ3) is 4.12. The van der Waals surface area contributed by atoms with Crippen LogP contribution in [0.1, 0.15) is 6.92 Å². The van der Waals surface area contributed by atoms with E-state index in [1.165, 1.54) is 43.7 Å². The average molecular weight is 675 g/mol. The Morgan fingerprint density at radius 2 is 2.17 bits per heavy atom. The Balaban J connectivity index is 4.82. The van der Waals surface area contributed by atoms with Gasteiger partial charge in [-0.25, -0.2) is 0 Å². The van der Waals surface area contributed by atoms with Crippen molar-refractivity contribution in [2.24, 2.45) is 8.60 Å². The number of aliphatic imine (C=N–C) groups is 1. The molecule has 0 bridgehead atoms. The van der Waals surface area contributed by atoms with Crippen LogP contribution >= 0.6 is 0 Å². The van der Waals surface area contributed by atoms with Crippen molar-refractivity contribution < 1.29 is 63.1 Å². The number of carbonyl (C=O) groups excluding carboxylic acids is 1. The summed E-state index contributed by atoms with van der Waals surface area (Å²) in [5.74, 6) is 0.657. The van der Waals surface area contributed by atoms with E-state index in [0.29, 0.717) is 12.2 Å². The van der Waals surface area contributed by atoms with E-state index < -0.39 is 0 Å². The SMILES string of the molecule is C[C](=[W])C(=N[CH]=[W])N(C=O)[N]=[W]. The molecule has 0 heterocycles. The fourth-order valence-electron chi connectivity index (χ4n) is 0.469. The zero-order valence-corrected chi connectivity index (χ0v) is 14.9. The molecule has 0 saturated heterocycles. The minimum atomic E-state index is 0.657. The Morgan fingerprint density at radius 1 is 1.58 bits per heavy atom. The Bertz CT molecular complexity index is 242. The van der Waals surface area contributed by atoms with Gasteiger partial charge in [0.1, 0.15) is 0 Å². The predicted molar refractivity (Wildman–Crippen MR) is 34.5 cm³/mol. The van der Waals surface area contributed by atoms with Gasteiger partial charge in [-0.05, 0) is 0 Å². The standard InChI is InChI=1S/C5H5N3O.3W/c1-3-5(7-2)8(6)4-9;;;/h2,4H,1H3;;;. The fraction of sp³-hybridized carbons (Fsp3) is 0.200. The van der Waals surface area contributed by atoms with Crippen LogP contribution in [-0.4, -0.2) is 25.7 Å². The summed E-state index contributed by atoms with van der Waals surface area (Å²) < 4.78 is 6.64. The molecule has 64 valence electrons. The number of hydrogen-bond acceptors (Lipinski definition) is 3. The van der Waals surface area contributed by atoms with Crippen LogP contribution in [0.5, 0.6) is 0 Å². The zero-order chi connectivity index (χ0) is 9.56. The van der Waals surface area contributed by atoms with E-state index in [-0.39, 0.29) is 0 Å². The summed E-state index contributed by atoms with van der Waals surface area (Å²) in [6.07, 6.45) is 0.678. The van der Waals surface area contributed by atoms with Gasteiger partial charge in [-0.3, -0.25) is 0 Å². The first-order chi connectivity index (χ1) is 5.67. The van der Waals surface area contributed by atoms with Crippen LogP contribution in [0.3, 0.4) is 0 Å². The summed E-state index contributed by atoms with van der Waals surface area (Å²) in [6.45, 7) is 1.93. The third-order valence-corrected chi connectivity index (χ3v) is 2.56. The molecule has 0 atom stereocenters. The van der Waals surface area contributed by atoms with Gasteiger partial charge in [0.25, 0.3) is 0 Å². The van der Waals surface area contributed by atoms with Crippen LogP contribution < -0.4 is 0 Å². The van der Waals surface area contributed by atoms with E-state index in [9.17, 15) is 4.79 Å². The zero-order valence-electron chi connectivity index (χ0n) is 6.13. The van der Waals surface area contributed by atoms with Crippen LogP contribution in [0, 0.1) is 0 Å². The van der Waals surface area contributed by atoms with E-state index in [0.717, 1.165) is 23.5 Å². The molecule has 0 rings (SSSR count). The Kier molecular flexibility index (Phi) is 7.62. The first-order valence-corrected chi connectivity index (χ1v) is 7.24. The fourth-order valence-corrected chi connectivity index (χ4v) is 1.77. The number of amides is 1. The van der Waals surface area contributed by atoms with Gasteiger partial charge in [-0.15, -0.1) is 0 Å². The van der Waals surface area contributed by atoms with Crippen LogP contribution in [0.15, 0.2) is 8.60 Å². The molecule has 1 amide bonds. The van der Waals surface area contributed by atoms with Crippen LogP contribution in [-0.2, 0) is 63.1 Å². The molecule has 0 fully saturated rings. The second-order valence-corrected chi connectivity index (χ2v) is 5.19. The molecule has 4 nitrogen and oxygen atoms in total. The molecular weight excluding hydrogens is 670 g/mol. The van der Waals surface area contributed by atoms with Crippen molar-refractivity contribution in [3.8, 4) is 0 Å². The van der Waals surface area contributed by atoms with E-state index >= 15 is 0 Å². The average Bonchev–Trinajstić information content (AvgIpc) is 2.05. The summed E-state index contributed by atoms with van der Waals surface area (Å²) >= 11 is 3.55. The maximum absolute atomic E-state index is 10.5. The Morgan fingerprint density at radius 3 is 2.42 bits per heavy atom. The topological polar surface area (TPSA) is 45.0 Å². The minimum absolute atomic E-state index is 0.657. The molecule has 0 aliphatic heterocycles. The van der Waals surface area contributed by atoms with Gasteiger partial charge in [0.2, 0.25) is 0 Å². The van der Waals surface area contributed by atoms with E-state index in [4.69, 9.17) is 0 Å². The van der Waals surface area contributed by atoms with Gasteiger partial charge in [-0.2, -0.15) is 0 Å². The second-order valence-electron chi connectivity index (χ2n) is 1.65. The molecule has 0 aliphatic carbocycles. The first-order valence-electron chi connectivity index (χ1n) is 2.77. The van der Waals surface area contributed by atoms with Gasteiger partial charge < -0.3 is 0 Å². The van der Waals surface area contributed by atoms with Crippen molar-refractivity contribution in [1.29, 1.82) is 0 Å². The number of amidine groups is 1. The summed E-state index contributed by atoms with van der Waals surface area (Å²) in [5, 5.41) is 1.27. The molecule has 0 unspecified atom stereocenters. The number of nitrogens with zero attached hydrogens (tertiary/aromatic N) is 3. The van der Waals surface area contributed by atoms with Crippen molar-refractivity contribution in [1.82, 2.24) is 5.01 Å². The van der Waals surface area contributed by atoms with Gasteiger partial charge in [0.15, 0.2) is 0 Å². The van der Waals surface area contributed by atoms with Gasteiger partial charge in [-0.1, -0.05) is 0 Å². The molecular formula is C5H5N3OW3. The third-order valence-electron chi connectivity index (χ3n) is 0.895. The normalized spacial score (nSPS) is 10.2. The van der Waals surface area contributed by atoms with Crippen molar-refractivity contribution >= 4 is 20.7 Å². The molecule has 7 heteroatoms. The van der Waals surface area contributed by atoms with Crippen LogP contribution in [0.25, 0.3) is 0 Å². The van der Waals surface area contributed by atoms with Crippen molar-refractivity contribution in [2.75, 3.05) is 0 Å². The van der Waals surface area contributed by atoms with Gasteiger partial charge in [0.05, 0.1) is 0 Å². The molecule has 12 heavy (non-hydrogen) atoms. The molecule has 0 aromatic carbocycles. The Hall–Kier alpha value is 0.745. The van der Waals surface area contributed by atoms with E-state index in [1.807, 2.05) is 6.92 Å². The molecule has 0 aliphatic rings. The molecule has 0 N–H and O–H groups in total. The first kappa shape index (κ1) is 12.7. The summed E-state index contributed by atoms with van der Waals surface area (Å²) in [6, 6.07) is 0. The van der Waals surface area contributed by atoms with E-state index in [1.54, 1.807) is 4.52 Å². The van der Waals surface area contributed by atoms with E-state index in [2.05, 4.69) is 8.60 Å². The summed E-state index contributed by atoms with van der Waals surface area (Å²) in [5.41, 5.74) is 0. The van der Waals surface area contributed by atoms with Gasteiger partial charge in [0, 0.05) is 0 Å². The van der Waals surface area contributed by atoms with Crippen LogP contribution in [0.4, 0.5) is 0 Å². The molecule has 0 aromatic rings. The number of rotatable bonds is 4. The molecule has 0 radical (unpaired) electrons. The maximum atomic E-state index is 10.5. The van der Waals surface area contributed by atoms with Crippen molar-refractivity contribution in [3.05, 3.63) is 0 Å². The second kappa shape index (κ2) is 7.18. The van der Waals surface area contributed by atoms with Crippen molar-refractivity contribution in [3.63, 3.8) is 0 Å². The van der Waals surface area contributed by atoms with Crippen molar-refractivity contribution in [2.45, 2.75) is 6.92 Å². The summed E-state index contributed by atoms with van der Waals surface area (Å²) in [7, 11) is 0. The molecule has 0 spiro atoms. The Labute approximate surface area is 103 Å². The molecule has 0 aromatic heterocycles.